The van der Waals surface area contributed by atoms with Gasteiger partial charge in [-0.15, -0.1) is 0 Å². The summed E-state index contributed by atoms with van der Waals surface area (Å²) < 4.78 is 14.0. The third-order valence-corrected chi connectivity index (χ3v) is 3.57. The number of para-hydroxylation sites is 1. The van der Waals surface area contributed by atoms with Crippen LogP contribution in [-0.2, 0) is 4.79 Å². The van der Waals surface area contributed by atoms with Crippen molar-refractivity contribution in [2.75, 3.05) is 24.5 Å². The van der Waals surface area contributed by atoms with Crippen LogP contribution in [0.3, 0.4) is 0 Å². The van der Waals surface area contributed by atoms with Crippen molar-refractivity contribution in [1.29, 1.82) is 0 Å². The maximum atomic E-state index is 14.0. The first-order valence-electron chi connectivity index (χ1n) is 6.37. The molecule has 0 aliphatic carbocycles. The van der Waals surface area contributed by atoms with Gasteiger partial charge in [0.05, 0.1) is 11.6 Å². The predicted molar refractivity (Wildman–Crippen MR) is 71.8 cm³/mol. The minimum atomic E-state index is -0.855. The summed E-state index contributed by atoms with van der Waals surface area (Å²) in [6, 6.07) is 6.50. The van der Waals surface area contributed by atoms with E-state index in [1.54, 1.807) is 18.2 Å². The molecule has 1 aromatic carbocycles. The summed E-state index contributed by atoms with van der Waals surface area (Å²) in [4.78, 5) is 13.1. The van der Waals surface area contributed by atoms with Gasteiger partial charge in [0.15, 0.2) is 0 Å². The summed E-state index contributed by atoms with van der Waals surface area (Å²) in [6.07, 6.45) is 0. The zero-order chi connectivity index (χ0) is 14.0. The second-order valence-electron chi connectivity index (χ2n) is 5.54. The number of nitrogens with zero attached hydrogens (tertiary/aromatic N) is 1. The number of hydrogen-bond donors (Lipinski definition) is 2. The van der Waals surface area contributed by atoms with Crippen LogP contribution >= 0.6 is 0 Å². The average molecular weight is 266 g/mol. The van der Waals surface area contributed by atoms with Crippen molar-refractivity contribution in [3.63, 3.8) is 0 Å². The van der Waals surface area contributed by atoms with Gasteiger partial charge in [0.1, 0.15) is 5.82 Å². The lowest BCUT2D eigenvalue weighted by Crippen LogP contribution is -2.49. The standard InChI is InChI=1S/C14H19FN2O2/c1-14(2)9-16-7-10(13(18)19)8-17(14)12-6-4-3-5-11(12)15/h3-6,10,16H,7-9H2,1-2H3,(H,18,19). The Balaban J connectivity index is 2.37. The van der Waals surface area contributed by atoms with E-state index in [0.29, 0.717) is 25.3 Å². The summed E-state index contributed by atoms with van der Waals surface area (Å²) in [5.74, 6) is -1.71. The van der Waals surface area contributed by atoms with Crippen LogP contribution in [0.4, 0.5) is 10.1 Å². The molecule has 2 N–H and O–H groups in total. The molecule has 2 rings (SSSR count). The topological polar surface area (TPSA) is 52.6 Å². The molecule has 4 nitrogen and oxygen atoms in total. The molecule has 104 valence electrons. The van der Waals surface area contributed by atoms with Crippen molar-refractivity contribution in [3.8, 4) is 0 Å². The summed E-state index contributed by atoms with van der Waals surface area (Å²) >= 11 is 0. The van der Waals surface area contributed by atoms with Crippen LogP contribution in [0, 0.1) is 11.7 Å². The molecule has 1 aliphatic heterocycles. The van der Waals surface area contributed by atoms with E-state index in [1.165, 1.54) is 6.07 Å². The SMILES string of the molecule is CC1(C)CNCC(C(=O)O)CN1c1ccccc1F. The van der Waals surface area contributed by atoms with Crippen LogP contribution in [0.25, 0.3) is 0 Å². The number of benzene rings is 1. The lowest BCUT2D eigenvalue weighted by atomic mass is 10.0. The lowest BCUT2D eigenvalue weighted by molar-refractivity contribution is -0.141. The van der Waals surface area contributed by atoms with E-state index in [-0.39, 0.29) is 11.4 Å². The van der Waals surface area contributed by atoms with Gasteiger partial charge in [0.25, 0.3) is 0 Å². The summed E-state index contributed by atoms with van der Waals surface area (Å²) in [6.45, 7) is 5.29. The molecular formula is C14H19FN2O2. The Labute approximate surface area is 112 Å². The highest BCUT2D eigenvalue weighted by Crippen LogP contribution is 2.28. The van der Waals surface area contributed by atoms with E-state index >= 15 is 0 Å². The van der Waals surface area contributed by atoms with Crippen LogP contribution in [0.2, 0.25) is 0 Å². The minimum absolute atomic E-state index is 0.302. The van der Waals surface area contributed by atoms with Gasteiger partial charge in [-0.05, 0) is 26.0 Å². The highest BCUT2D eigenvalue weighted by atomic mass is 19.1. The van der Waals surface area contributed by atoms with E-state index in [0.717, 1.165) is 0 Å². The molecule has 0 aromatic heterocycles. The maximum absolute atomic E-state index is 14.0. The van der Waals surface area contributed by atoms with Crippen LogP contribution in [-0.4, -0.2) is 36.2 Å². The lowest BCUT2D eigenvalue weighted by Gasteiger charge is -2.39. The van der Waals surface area contributed by atoms with Gasteiger partial charge in [-0.1, -0.05) is 12.1 Å². The van der Waals surface area contributed by atoms with E-state index < -0.39 is 11.9 Å². The van der Waals surface area contributed by atoms with E-state index in [4.69, 9.17) is 0 Å². The number of nitrogens with one attached hydrogen (secondary N) is 1. The van der Waals surface area contributed by atoms with Gasteiger partial charge in [-0.3, -0.25) is 4.79 Å². The first kappa shape index (κ1) is 13.8. The number of halogens is 1. The zero-order valence-electron chi connectivity index (χ0n) is 11.2. The van der Waals surface area contributed by atoms with E-state index in [1.807, 2.05) is 18.7 Å². The first-order chi connectivity index (χ1) is 8.92. The van der Waals surface area contributed by atoms with Crippen LogP contribution in [0.5, 0.6) is 0 Å². The minimum Gasteiger partial charge on any atom is -0.481 e. The molecule has 0 spiro atoms. The fourth-order valence-corrected chi connectivity index (χ4v) is 2.44. The van der Waals surface area contributed by atoms with Gasteiger partial charge in [0, 0.05) is 25.2 Å². The van der Waals surface area contributed by atoms with Crippen LogP contribution in [0.1, 0.15) is 13.8 Å². The fraction of sp³-hybridized carbons (Fsp3) is 0.500. The van der Waals surface area contributed by atoms with Gasteiger partial charge < -0.3 is 15.3 Å². The summed E-state index contributed by atoms with van der Waals surface area (Å²) in [5.41, 5.74) is 0.120. The molecule has 1 heterocycles. The second kappa shape index (κ2) is 5.17. The highest BCUT2D eigenvalue weighted by Gasteiger charge is 2.35. The predicted octanol–water partition coefficient (Wildman–Crippen LogP) is 1.71. The molecule has 1 unspecified atom stereocenters. The average Bonchev–Trinajstić information content (AvgIpc) is 2.48. The second-order valence-corrected chi connectivity index (χ2v) is 5.54. The molecule has 1 atom stereocenters. The Morgan fingerprint density at radius 2 is 2.16 bits per heavy atom. The summed E-state index contributed by atoms with van der Waals surface area (Å²) in [5, 5.41) is 12.4. The molecule has 0 amide bonds. The van der Waals surface area contributed by atoms with Gasteiger partial charge in [0.2, 0.25) is 0 Å². The largest absolute Gasteiger partial charge is 0.481 e. The Hall–Kier alpha value is -1.62. The molecule has 5 heteroatoms. The molecule has 0 radical (unpaired) electrons. The Kier molecular flexibility index (Phi) is 3.75. The maximum Gasteiger partial charge on any atom is 0.309 e. The van der Waals surface area contributed by atoms with Crippen LogP contribution < -0.4 is 10.2 Å². The van der Waals surface area contributed by atoms with Gasteiger partial charge in [-0.25, -0.2) is 4.39 Å². The molecule has 1 fully saturated rings. The normalized spacial score (nSPS) is 22.9. The number of carboxylic acid groups (broad SMARTS) is 1. The molecule has 0 saturated carbocycles. The smallest absolute Gasteiger partial charge is 0.309 e. The number of anilines is 1. The van der Waals surface area contributed by atoms with Gasteiger partial charge in [-0.2, -0.15) is 0 Å². The fourth-order valence-electron chi connectivity index (χ4n) is 2.44. The van der Waals surface area contributed by atoms with Crippen molar-refractivity contribution in [1.82, 2.24) is 5.32 Å². The number of hydrogen-bond acceptors (Lipinski definition) is 3. The Morgan fingerprint density at radius 1 is 1.47 bits per heavy atom. The van der Waals surface area contributed by atoms with E-state index in [2.05, 4.69) is 5.32 Å². The number of rotatable bonds is 2. The van der Waals surface area contributed by atoms with Crippen molar-refractivity contribution in [2.24, 2.45) is 5.92 Å². The van der Waals surface area contributed by atoms with Crippen molar-refractivity contribution in [2.45, 2.75) is 19.4 Å². The third kappa shape index (κ3) is 2.87. The number of carboxylic acids is 1. The Morgan fingerprint density at radius 3 is 2.79 bits per heavy atom. The molecule has 1 aromatic rings. The Bertz CT molecular complexity index is 476. The third-order valence-electron chi connectivity index (χ3n) is 3.57. The number of aliphatic carboxylic acids is 1. The highest BCUT2D eigenvalue weighted by molar-refractivity contribution is 5.71. The van der Waals surface area contributed by atoms with Crippen molar-refractivity contribution in [3.05, 3.63) is 30.1 Å². The van der Waals surface area contributed by atoms with E-state index in [9.17, 15) is 14.3 Å². The quantitative estimate of drug-likeness (QED) is 0.855. The van der Waals surface area contributed by atoms with Gasteiger partial charge >= 0.3 is 5.97 Å². The molecular weight excluding hydrogens is 247 g/mol. The first-order valence-corrected chi connectivity index (χ1v) is 6.37. The molecule has 1 aliphatic rings. The van der Waals surface area contributed by atoms with Crippen molar-refractivity contribution < 1.29 is 14.3 Å². The number of carbonyl (C=O) groups is 1. The molecule has 19 heavy (non-hydrogen) atoms. The van der Waals surface area contributed by atoms with Crippen molar-refractivity contribution >= 4 is 11.7 Å². The zero-order valence-corrected chi connectivity index (χ0v) is 11.2. The summed E-state index contributed by atoms with van der Waals surface area (Å²) in [7, 11) is 0. The van der Waals surface area contributed by atoms with Crippen LogP contribution in [0.15, 0.2) is 24.3 Å². The molecule has 1 saturated heterocycles. The molecule has 0 bridgehead atoms. The monoisotopic (exact) mass is 266 g/mol.